The van der Waals surface area contributed by atoms with Crippen LogP contribution in [0.3, 0.4) is 0 Å². The van der Waals surface area contributed by atoms with Gasteiger partial charge >= 0.3 is 0 Å². The van der Waals surface area contributed by atoms with Crippen LogP contribution >= 0.6 is 0 Å². The largest absolute Gasteiger partial charge is 0.377 e. The molecule has 1 aromatic carbocycles. The maximum absolute atomic E-state index is 12.4. The summed E-state index contributed by atoms with van der Waals surface area (Å²) < 4.78 is 32.8. The predicted octanol–water partition coefficient (Wildman–Crippen LogP) is 0.901. The second-order valence-corrected chi connectivity index (χ2v) is 9.66. The molecule has 2 heterocycles. The zero-order valence-corrected chi connectivity index (χ0v) is 18.6. The van der Waals surface area contributed by atoms with Gasteiger partial charge in [-0.1, -0.05) is 6.92 Å². The lowest BCUT2D eigenvalue weighted by Gasteiger charge is -2.33. The SMILES string of the molecule is CCN1CCN(CCCNC(=O)c2ccc(S(=O)(=O)NCC3CCCO3)cc2)CC1. The van der Waals surface area contributed by atoms with E-state index >= 15 is 0 Å². The second kappa shape index (κ2) is 11.2. The lowest BCUT2D eigenvalue weighted by atomic mass is 10.2. The van der Waals surface area contributed by atoms with Crippen LogP contribution in [-0.4, -0.2) is 89.2 Å². The monoisotopic (exact) mass is 438 g/mol. The summed E-state index contributed by atoms with van der Waals surface area (Å²) in [6.45, 7) is 10.2. The van der Waals surface area contributed by atoms with Gasteiger partial charge in [0.2, 0.25) is 10.0 Å². The number of ether oxygens (including phenoxy) is 1. The number of benzene rings is 1. The molecule has 3 rings (SSSR count). The van der Waals surface area contributed by atoms with E-state index in [-0.39, 0.29) is 23.5 Å². The number of nitrogens with one attached hydrogen (secondary N) is 2. The van der Waals surface area contributed by atoms with Crippen LogP contribution in [0.5, 0.6) is 0 Å². The number of likely N-dealkylation sites (N-methyl/N-ethyl adjacent to an activating group) is 1. The summed E-state index contributed by atoms with van der Waals surface area (Å²) in [4.78, 5) is 17.4. The third-order valence-electron chi connectivity index (χ3n) is 5.80. The molecule has 0 aliphatic carbocycles. The Morgan fingerprint density at radius 2 is 1.83 bits per heavy atom. The number of hydrogen-bond acceptors (Lipinski definition) is 6. The zero-order chi connectivity index (χ0) is 21.4. The highest BCUT2D eigenvalue weighted by molar-refractivity contribution is 7.89. The fourth-order valence-corrected chi connectivity index (χ4v) is 4.88. The summed E-state index contributed by atoms with van der Waals surface area (Å²) >= 11 is 0. The van der Waals surface area contributed by atoms with Gasteiger partial charge in [-0.25, -0.2) is 13.1 Å². The van der Waals surface area contributed by atoms with Crippen molar-refractivity contribution < 1.29 is 17.9 Å². The summed E-state index contributed by atoms with van der Waals surface area (Å²) in [5, 5.41) is 2.92. The molecule has 9 heteroatoms. The van der Waals surface area contributed by atoms with Crippen LogP contribution in [0.1, 0.15) is 36.5 Å². The van der Waals surface area contributed by atoms with Crippen molar-refractivity contribution in [2.75, 3.05) is 59.0 Å². The number of nitrogens with zero attached hydrogens (tertiary/aromatic N) is 2. The van der Waals surface area contributed by atoms with Gasteiger partial charge in [0, 0.05) is 51.4 Å². The van der Waals surface area contributed by atoms with Gasteiger partial charge in [0.05, 0.1) is 11.0 Å². The maximum atomic E-state index is 12.4. The molecule has 1 amide bonds. The Bertz CT molecular complexity index is 771. The molecule has 0 saturated carbocycles. The minimum Gasteiger partial charge on any atom is -0.377 e. The molecule has 1 unspecified atom stereocenters. The zero-order valence-electron chi connectivity index (χ0n) is 17.8. The van der Waals surface area contributed by atoms with E-state index in [0.29, 0.717) is 18.7 Å². The summed E-state index contributed by atoms with van der Waals surface area (Å²) in [6, 6.07) is 6.06. The number of piperazine rings is 1. The lowest BCUT2D eigenvalue weighted by Crippen LogP contribution is -2.46. The number of rotatable bonds is 10. The van der Waals surface area contributed by atoms with Gasteiger partial charge in [0.25, 0.3) is 5.91 Å². The number of hydrogen-bond donors (Lipinski definition) is 2. The minimum atomic E-state index is -3.60. The molecule has 2 saturated heterocycles. The average molecular weight is 439 g/mol. The molecular formula is C21H34N4O4S. The van der Waals surface area contributed by atoms with Gasteiger partial charge in [-0.2, -0.15) is 0 Å². The molecular weight excluding hydrogens is 404 g/mol. The number of carbonyl (C=O) groups excluding carboxylic acids is 1. The molecule has 0 spiro atoms. The normalized spacial score (nSPS) is 21.0. The molecule has 168 valence electrons. The second-order valence-electron chi connectivity index (χ2n) is 7.90. The van der Waals surface area contributed by atoms with E-state index in [1.807, 2.05) is 0 Å². The molecule has 0 radical (unpaired) electrons. The summed E-state index contributed by atoms with van der Waals surface area (Å²) in [5.74, 6) is -0.179. The van der Waals surface area contributed by atoms with Crippen LogP contribution in [0.2, 0.25) is 0 Å². The van der Waals surface area contributed by atoms with E-state index in [2.05, 4.69) is 26.8 Å². The first-order chi connectivity index (χ1) is 14.5. The minimum absolute atomic E-state index is 0.0552. The molecule has 2 fully saturated rings. The van der Waals surface area contributed by atoms with E-state index in [1.54, 1.807) is 12.1 Å². The molecule has 2 aliphatic heterocycles. The van der Waals surface area contributed by atoms with Crippen molar-refractivity contribution in [3.05, 3.63) is 29.8 Å². The van der Waals surface area contributed by atoms with Crippen LogP contribution in [0.4, 0.5) is 0 Å². The lowest BCUT2D eigenvalue weighted by molar-refractivity contribution is 0.0948. The van der Waals surface area contributed by atoms with Gasteiger partial charge in [-0.15, -0.1) is 0 Å². The Morgan fingerprint density at radius 3 is 2.47 bits per heavy atom. The predicted molar refractivity (Wildman–Crippen MR) is 116 cm³/mol. The third-order valence-corrected chi connectivity index (χ3v) is 7.24. The number of carbonyl (C=O) groups is 1. The van der Waals surface area contributed by atoms with Crippen molar-refractivity contribution in [3.8, 4) is 0 Å². The number of sulfonamides is 1. The van der Waals surface area contributed by atoms with Crippen LogP contribution in [-0.2, 0) is 14.8 Å². The quantitative estimate of drug-likeness (QED) is 0.528. The fraction of sp³-hybridized carbons (Fsp3) is 0.667. The van der Waals surface area contributed by atoms with E-state index in [9.17, 15) is 13.2 Å². The van der Waals surface area contributed by atoms with Gasteiger partial charge in [0.15, 0.2) is 0 Å². The Hall–Kier alpha value is -1.52. The Morgan fingerprint density at radius 1 is 1.13 bits per heavy atom. The molecule has 30 heavy (non-hydrogen) atoms. The maximum Gasteiger partial charge on any atom is 0.251 e. The first kappa shape index (κ1) is 23.1. The van der Waals surface area contributed by atoms with E-state index in [4.69, 9.17) is 4.74 Å². The molecule has 0 bridgehead atoms. The van der Waals surface area contributed by atoms with Crippen LogP contribution in [0, 0.1) is 0 Å². The first-order valence-electron chi connectivity index (χ1n) is 10.9. The van der Waals surface area contributed by atoms with Crippen molar-refractivity contribution in [2.24, 2.45) is 0 Å². The fourth-order valence-electron chi connectivity index (χ4n) is 3.81. The summed E-state index contributed by atoms with van der Waals surface area (Å²) in [7, 11) is -3.60. The van der Waals surface area contributed by atoms with Crippen molar-refractivity contribution in [2.45, 2.75) is 37.2 Å². The van der Waals surface area contributed by atoms with Crippen LogP contribution in [0.25, 0.3) is 0 Å². The highest BCUT2D eigenvalue weighted by Crippen LogP contribution is 2.14. The van der Waals surface area contributed by atoms with E-state index in [1.165, 1.54) is 12.1 Å². The van der Waals surface area contributed by atoms with Crippen molar-refractivity contribution >= 4 is 15.9 Å². The molecule has 2 aliphatic rings. The van der Waals surface area contributed by atoms with Crippen molar-refractivity contribution in [3.63, 3.8) is 0 Å². The van der Waals surface area contributed by atoms with E-state index < -0.39 is 10.0 Å². The van der Waals surface area contributed by atoms with Crippen LogP contribution < -0.4 is 10.0 Å². The molecule has 0 aromatic heterocycles. The van der Waals surface area contributed by atoms with Crippen molar-refractivity contribution in [1.29, 1.82) is 0 Å². The van der Waals surface area contributed by atoms with Crippen LogP contribution in [0.15, 0.2) is 29.2 Å². The highest BCUT2D eigenvalue weighted by Gasteiger charge is 2.20. The van der Waals surface area contributed by atoms with E-state index in [0.717, 1.165) is 58.5 Å². The Labute approximate surface area is 180 Å². The summed E-state index contributed by atoms with van der Waals surface area (Å²) in [5.41, 5.74) is 0.463. The molecule has 8 nitrogen and oxygen atoms in total. The molecule has 1 atom stereocenters. The Balaban J connectivity index is 1.39. The van der Waals surface area contributed by atoms with Crippen molar-refractivity contribution in [1.82, 2.24) is 19.8 Å². The topological polar surface area (TPSA) is 91.0 Å². The molecule has 2 N–H and O–H groups in total. The smallest absolute Gasteiger partial charge is 0.251 e. The molecule has 1 aromatic rings. The van der Waals surface area contributed by atoms with Gasteiger partial charge in [0.1, 0.15) is 0 Å². The first-order valence-corrected chi connectivity index (χ1v) is 12.4. The summed E-state index contributed by atoms with van der Waals surface area (Å²) in [6.07, 6.45) is 2.68. The van der Waals surface area contributed by atoms with Gasteiger partial charge < -0.3 is 19.9 Å². The Kier molecular flexibility index (Phi) is 8.64. The third kappa shape index (κ3) is 6.75. The standard InChI is InChI=1S/C21H34N4O4S/c1-2-24-12-14-25(15-13-24)11-4-10-22-21(26)18-6-8-20(9-7-18)30(27,28)23-17-19-5-3-16-29-19/h6-9,19,23H,2-5,10-17H2,1H3,(H,22,26). The number of amides is 1. The van der Waals surface area contributed by atoms with Gasteiger partial charge in [-0.05, 0) is 56.6 Å². The average Bonchev–Trinajstić information content (AvgIpc) is 3.29. The highest BCUT2D eigenvalue weighted by atomic mass is 32.2. The van der Waals surface area contributed by atoms with Gasteiger partial charge in [-0.3, -0.25) is 4.79 Å².